The second kappa shape index (κ2) is 18.1. The van der Waals surface area contributed by atoms with E-state index in [-0.39, 0.29) is 0 Å². The van der Waals surface area contributed by atoms with Crippen molar-refractivity contribution in [3.63, 3.8) is 0 Å². The molecule has 3 nitrogen and oxygen atoms in total. The summed E-state index contributed by atoms with van der Waals surface area (Å²) in [6.07, 6.45) is 15.6. The summed E-state index contributed by atoms with van der Waals surface area (Å²) < 4.78 is 0. The molecular weight excluding hydrogens is 500 g/mol. The largest absolute Gasteiger partial charge is 0.303 e. The number of allylic oxidation sites excluding steroid dienone is 3. The van der Waals surface area contributed by atoms with Crippen molar-refractivity contribution in [2.75, 3.05) is 32.7 Å². The molecule has 2 aromatic rings. The fourth-order valence-corrected chi connectivity index (χ4v) is 6.27. The molecule has 4 rings (SSSR count). The minimum atomic E-state index is 0.327. The summed E-state index contributed by atoms with van der Waals surface area (Å²) in [5.74, 6) is 1.69. The first-order valence-electron chi connectivity index (χ1n) is 16.5. The molecule has 41 heavy (non-hydrogen) atoms. The predicted octanol–water partition coefficient (Wildman–Crippen LogP) is 8.93. The summed E-state index contributed by atoms with van der Waals surface area (Å²) in [4.78, 5) is 18.2. The van der Waals surface area contributed by atoms with Gasteiger partial charge in [-0.05, 0) is 99.6 Å². The van der Waals surface area contributed by atoms with Crippen LogP contribution < -0.4 is 0 Å². The normalized spacial score (nSPS) is 17.9. The van der Waals surface area contributed by atoms with Crippen LogP contribution >= 0.6 is 0 Å². The van der Waals surface area contributed by atoms with Crippen LogP contribution in [0.25, 0.3) is 0 Å². The molecule has 0 radical (unpaired) electrons. The number of hydrogen-bond donors (Lipinski definition) is 0. The molecular formula is C38H56N2O. The number of ketones is 1. The van der Waals surface area contributed by atoms with Crippen LogP contribution in [0, 0.1) is 11.8 Å². The third kappa shape index (κ3) is 11.4. The number of carbonyl (C=O) groups is 1. The van der Waals surface area contributed by atoms with Gasteiger partial charge < -0.3 is 4.90 Å². The highest BCUT2D eigenvalue weighted by Gasteiger charge is 2.21. The lowest BCUT2D eigenvalue weighted by atomic mass is 9.90. The molecule has 0 saturated carbocycles. The van der Waals surface area contributed by atoms with Crippen molar-refractivity contribution < 1.29 is 4.79 Å². The first-order valence-corrected chi connectivity index (χ1v) is 16.5. The summed E-state index contributed by atoms with van der Waals surface area (Å²) >= 11 is 0. The number of rotatable bonds is 12. The number of likely N-dealkylation sites (tertiary alicyclic amines) is 1. The lowest BCUT2D eigenvalue weighted by Crippen LogP contribution is -2.36. The minimum Gasteiger partial charge on any atom is -0.303 e. The Morgan fingerprint density at radius 1 is 0.951 bits per heavy atom. The van der Waals surface area contributed by atoms with Crippen molar-refractivity contribution in [2.24, 2.45) is 11.8 Å². The van der Waals surface area contributed by atoms with Crippen molar-refractivity contribution in [1.82, 2.24) is 9.80 Å². The van der Waals surface area contributed by atoms with E-state index in [0.717, 1.165) is 63.3 Å². The molecule has 2 heterocycles. The van der Waals surface area contributed by atoms with Crippen molar-refractivity contribution in [3.8, 4) is 0 Å². The molecule has 2 aliphatic heterocycles. The second-order valence-corrected chi connectivity index (χ2v) is 12.0. The number of benzene rings is 2. The molecule has 0 aromatic heterocycles. The number of hydrogen-bond acceptors (Lipinski definition) is 3. The third-order valence-corrected chi connectivity index (χ3v) is 8.66. The Balaban J connectivity index is 0.00000226. The first-order chi connectivity index (χ1) is 20.0. The van der Waals surface area contributed by atoms with E-state index in [0.29, 0.717) is 18.1 Å². The average molecular weight is 557 g/mol. The van der Waals surface area contributed by atoms with E-state index in [1.54, 1.807) is 0 Å². The fourth-order valence-electron chi connectivity index (χ4n) is 6.27. The lowest BCUT2D eigenvalue weighted by Gasteiger charge is -2.33. The highest BCUT2D eigenvalue weighted by molar-refractivity contribution is 5.96. The lowest BCUT2D eigenvalue weighted by molar-refractivity contribution is 0.0974. The van der Waals surface area contributed by atoms with E-state index >= 15 is 0 Å². The van der Waals surface area contributed by atoms with E-state index in [1.807, 2.05) is 13.8 Å². The SMILES string of the molecule is CC.CC/C=C(C)\C=C/C(C)CN1CCC(CCCC(=O)c2ccc3c(c2)CCN(Cc2ccccc2)CC3)CC1. The van der Waals surface area contributed by atoms with Crippen LogP contribution in [0.5, 0.6) is 0 Å². The van der Waals surface area contributed by atoms with Crippen LogP contribution in [0.4, 0.5) is 0 Å². The summed E-state index contributed by atoms with van der Waals surface area (Å²) in [6.45, 7) is 17.4. The summed E-state index contributed by atoms with van der Waals surface area (Å²) in [7, 11) is 0. The van der Waals surface area contributed by atoms with E-state index in [1.165, 1.54) is 54.6 Å². The Labute approximate surface area is 251 Å². The molecule has 2 aliphatic rings. The number of nitrogens with zero attached hydrogens (tertiary/aromatic N) is 2. The highest BCUT2D eigenvalue weighted by atomic mass is 16.1. The number of carbonyl (C=O) groups excluding carboxylic acids is 1. The van der Waals surface area contributed by atoms with Crippen molar-refractivity contribution in [2.45, 2.75) is 92.5 Å². The van der Waals surface area contributed by atoms with Crippen molar-refractivity contribution >= 4 is 5.78 Å². The van der Waals surface area contributed by atoms with Crippen molar-refractivity contribution in [1.29, 1.82) is 0 Å². The van der Waals surface area contributed by atoms with Crippen LogP contribution in [0.2, 0.25) is 0 Å². The van der Waals surface area contributed by atoms with E-state index in [4.69, 9.17) is 0 Å². The quantitative estimate of drug-likeness (QED) is 0.193. The van der Waals surface area contributed by atoms with Gasteiger partial charge in [-0.25, -0.2) is 0 Å². The van der Waals surface area contributed by atoms with Crippen LogP contribution in [-0.4, -0.2) is 48.3 Å². The maximum Gasteiger partial charge on any atom is 0.162 e. The Bertz CT molecular complexity index is 1090. The Morgan fingerprint density at radius 3 is 2.37 bits per heavy atom. The van der Waals surface area contributed by atoms with Gasteiger partial charge in [0.15, 0.2) is 5.78 Å². The van der Waals surface area contributed by atoms with Crippen LogP contribution in [-0.2, 0) is 19.4 Å². The number of piperidine rings is 1. The zero-order valence-electron chi connectivity index (χ0n) is 26.7. The molecule has 0 N–H and O–H groups in total. The predicted molar refractivity (Wildman–Crippen MR) is 177 cm³/mol. The summed E-state index contributed by atoms with van der Waals surface area (Å²) in [6, 6.07) is 17.3. The van der Waals surface area contributed by atoms with Gasteiger partial charge in [0, 0.05) is 38.2 Å². The van der Waals surface area contributed by atoms with Gasteiger partial charge in [0.2, 0.25) is 0 Å². The third-order valence-electron chi connectivity index (χ3n) is 8.66. The zero-order valence-corrected chi connectivity index (χ0v) is 26.7. The van der Waals surface area contributed by atoms with Crippen LogP contribution in [0.3, 0.4) is 0 Å². The van der Waals surface area contributed by atoms with Gasteiger partial charge in [-0.2, -0.15) is 0 Å². The molecule has 3 heteroatoms. The first kappa shape index (κ1) is 33.0. The molecule has 0 bridgehead atoms. The summed E-state index contributed by atoms with van der Waals surface area (Å²) in [5, 5.41) is 0. The molecule has 0 aliphatic carbocycles. The van der Waals surface area contributed by atoms with Crippen LogP contribution in [0.1, 0.15) is 100 Å². The standard InChI is InChI=1S/C36H50N2O.C2H6/c1-4-9-29(2)14-15-30(3)27-37-22-18-31(19-23-37)12-8-13-36(39)35-17-16-33-20-24-38(25-21-34(33)26-35)28-32-10-6-5-7-11-32;1-2/h5-7,9-11,14-17,26,30-31H,4,8,12-13,18-25,27-28H2,1-3H3;1-2H3/b15-14-,29-9-;. The maximum absolute atomic E-state index is 13.1. The molecule has 1 unspecified atom stereocenters. The van der Waals surface area contributed by atoms with Crippen LogP contribution in [0.15, 0.2) is 72.3 Å². The van der Waals surface area contributed by atoms with E-state index < -0.39 is 0 Å². The molecule has 1 saturated heterocycles. The molecule has 1 fully saturated rings. The van der Waals surface area contributed by atoms with E-state index in [9.17, 15) is 4.79 Å². The average Bonchev–Trinajstić information content (AvgIpc) is 3.20. The Morgan fingerprint density at radius 2 is 1.66 bits per heavy atom. The van der Waals surface area contributed by atoms with Crippen molar-refractivity contribution in [3.05, 3.63) is 94.6 Å². The Hall–Kier alpha value is -2.49. The number of fused-ring (bicyclic) bond motifs is 1. The van der Waals surface area contributed by atoms with Gasteiger partial charge in [-0.3, -0.25) is 9.69 Å². The van der Waals surface area contributed by atoms with Gasteiger partial charge >= 0.3 is 0 Å². The molecule has 0 spiro atoms. The fraction of sp³-hybridized carbons (Fsp3) is 0.553. The van der Waals surface area contributed by atoms with E-state index in [2.05, 4.69) is 97.3 Å². The minimum absolute atomic E-state index is 0.327. The van der Waals surface area contributed by atoms with Gasteiger partial charge in [-0.1, -0.05) is 94.0 Å². The smallest absolute Gasteiger partial charge is 0.162 e. The molecule has 224 valence electrons. The van der Waals surface area contributed by atoms with Gasteiger partial charge in [-0.15, -0.1) is 0 Å². The van der Waals surface area contributed by atoms with Gasteiger partial charge in [0.05, 0.1) is 0 Å². The maximum atomic E-state index is 13.1. The zero-order chi connectivity index (χ0) is 29.5. The molecule has 1 atom stereocenters. The van der Waals surface area contributed by atoms with Gasteiger partial charge in [0.1, 0.15) is 0 Å². The summed E-state index contributed by atoms with van der Waals surface area (Å²) in [5.41, 5.74) is 6.47. The number of Topliss-reactive ketones (excluding diaryl/α,β-unsaturated/α-hetero) is 1. The van der Waals surface area contributed by atoms with Gasteiger partial charge in [0.25, 0.3) is 0 Å². The monoisotopic (exact) mass is 556 g/mol. The second-order valence-electron chi connectivity index (χ2n) is 12.0. The molecule has 0 amide bonds. The Kier molecular flexibility index (Phi) is 14.6. The molecule has 2 aromatic carbocycles. The topological polar surface area (TPSA) is 23.6 Å². The highest BCUT2D eigenvalue weighted by Crippen LogP contribution is 2.25.